The highest BCUT2D eigenvalue weighted by Gasteiger charge is 2.45. The molecule has 0 saturated carbocycles. The summed E-state index contributed by atoms with van der Waals surface area (Å²) in [6.45, 7) is 0.801. The van der Waals surface area contributed by atoms with E-state index in [1.165, 1.54) is 43.3 Å². The molecule has 1 fully saturated rings. The number of halogens is 1. The first-order valence-corrected chi connectivity index (χ1v) is 12.0. The molecule has 1 amide bonds. The average Bonchev–Trinajstić information content (AvgIpc) is 3.02. The Morgan fingerprint density at radius 3 is 2.09 bits per heavy atom. The summed E-state index contributed by atoms with van der Waals surface area (Å²) in [4.78, 5) is 29.2. The van der Waals surface area contributed by atoms with Crippen LogP contribution in [0.15, 0.2) is 59.0 Å². The summed E-state index contributed by atoms with van der Waals surface area (Å²) < 4.78 is 25.7. The number of Topliss-reactive ketones (excluding diaryl/α,β-unsaturated/α-hetero) is 1. The number of carbonyl (C=O) groups excluding carboxylic acids is 2. The number of benzene rings is 2. The lowest BCUT2D eigenvalue weighted by Gasteiger charge is -2.26. The highest BCUT2D eigenvalue weighted by Crippen LogP contribution is 2.39. The van der Waals surface area contributed by atoms with E-state index < -0.39 is 27.8 Å². The maximum atomic E-state index is 13.0. The van der Waals surface area contributed by atoms with Gasteiger partial charge in [0, 0.05) is 37.8 Å². The number of carbonyl (C=O) groups is 2. The molecule has 33 heavy (non-hydrogen) atoms. The first-order chi connectivity index (χ1) is 15.4. The molecule has 10 heteroatoms. The van der Waals surface area contributed by atoms with Crippen LogP contribution in [0.1, 0.15) is 17.2 Å². The molecule has 1 N–H and O–H groups in total. The van der Waals surface area contributed by atoms with E-state index in [0.717, 1.165) is 4.31 Å². The quantitative estimate of drug-likeness (QED) is 0.363. The van der Waals surface area contributed by atoms with Crippen LogP contribution in [0.5, 0.6) is 0 Å². The van der Waals surface area contributed by atoms with Crippen molar-refractivity contribution in [3.05, 3.63) is 70.3 Å². The van der Waals surface area contributed by atoms with Gasteiger partial charge in [-0.1, -0.05) is 23.7 Å². The highest BCUT2D eigenvalue weighted by atomic mass is 35.5. The molecule has 0 unspecified atom stereocenters. The van der Waals surface area contributed by atoms with E-state index in [1.807, 2.05) is 19.0 Å². The van der Waals surface area contributed by atoms with Crippen molar-refractivity contribution in [2.45, 2.75) is 10.9 Å². The lowest BCUT2D eigenvalue weighted by atomic mass is 9.95. The number of aliphatic hydroxyl groups is 1. The molecule has 8 nitrogen and oxygen atoms in total. The maximum absolute atomic E-state index is 13.0. The molecule has 176 valence electrons. The van der Waals surface area contributed by atoms with Crippen LogP contribution in [0.4, 0.5) is 0 Å². The first kappa shape index (κ1) is 24.9. The van der Waals surface area contributed by atoms with Crippen molar-refractivity contribution in [3.8, 4) is 0 Å². The van der Waals surface area contributed by atoms with Gasteiger partial charge in [0.2, 0.25) is 10.0 Å². The Morgan fingerprint density at radius 2 is 1.58 bits per heavy atom. The monoisotopic (exact) mass is 491 g/mol. The van der Waals surface area contributed by atoms with Crippen LogP contribution in [0.3, 0.4) is 0 Å². The van der Waals surface area contributed by atoms with Crippen molar-refractivity contribution in [2.75, 3.05) is 41.3 Å². The fraction of sp³-hybridized carbons (Fsp3) is 0.304. The van der Waals surface area contributed by atoms with Crippen LogP contribution in [0.25, 0.3) is 5.76 Å². The number of nitrogens with zero attached hydrogens (tertiary/aromatic N) is 3. The number of sulfonamides is 1. The third-order valence-electron chi connectivity index (χ3n) is 5.42. The Morgan fingerprint density at radius 1 is 1.00 bits per heavy atom. The van der Waals surface area contributed by atoms with Gasteiger partial charge in [0.25, 0.3) is 11.7 Å². The zero-order valence-corrected chi connectivity index (χ0v) is 20.4. The van der Waals surface area contributed by atoms with Crippen molar-refractivity contribution in [1.29, 1.82) is 0 Å². The highest BCUT2D eigenvalue weighted by molar-refractivity contribution is 7.89. The molecule has 0 bridgehead atoms. The van der Waals surface area contributed by atoms with Crippen molar-refractivity contribution < 1.29 is 23.1 Å². The molecule has 1 aliphatic heterocycles. The van der Waals surface area contributed by atoms with Crippen molar-refractivity contribution in [3.63, 3.8) is 0 Å². The van der Waals surface area contributed by atoms with E-state index in [9.17, 15) is 23.1 Å². The summed E-state index contributed by atoms with van der Waals surface area (Å²) in [6, 6.07) is 11.5. The van der Waals surface area contributed by atoms with Gasteiger partial charge in [0.1, 0.15) is 5.76 Å². The summed E-state index contributed by atoms with van der Waals surface area (Å²) in [7, 11) is 2.91. The molecule has 1 saturated heterocycles. The number of hydrogen-bond donors (Lipinski definition) is 1. The number of aliphatic hydroxyl groups excluding tert-OH is 1. The second-order valence-corrected chi connectivity index (χ2v) is 10.7. The molecule has 0 aromatic heterocycles. The number of likely N-dealkylation sites (tertiary alicyclic amines) is 1. The standard InChI is InChI=1S/C23H26ClN3O5S/c1-25(2)13-14-27-20(15-5-9-17(24)10-6-15)19(22(29)23(27)30)21(28)16-7-11-18(12-8-16)33(31,32)26(3)4/h5-12,20,28H,13-14H2,1-4H3/t20-/m1/s1. The number of hydrogen-bond acceptors (Lipinski definition) is 6. The van der Waals surface area contributed by atoms with Gasteiger partial charge in [-0.25, -0.2) is 12.7 Å². The SMILES string of the molecule is CN(C)CCN1C(=O)C(=O)C(=C(O)c2ccc(S(=O)(=O)N(C)C)cc2)[C@H]1c1ccc(Cl)cc1. The van der Waals surface area contributed by atoms with Crippen LogP contribution in [-0.4, -0.2) is 80.6 Å². The van der Waals surface area contributed by atoms with Crippen molar-refractivity contribution in [1.82, 2.24) is 14.1 Å². The number of likely N-dealkylation sites (N-methyl/N-ethyl adjacent to an activating group) is 1. The molecule has 2 aromatic carbocycles. The van der Waals surface area contributed by atoms with Gasteiger partial charge in [0.05, 0.1) is 16.5 Å². The molecular formula is C23H26ClN3O5S. The van der Waals surface area contributed by atoms with Gasteiger partial charge in [-0.15, -0.1) is 0 Å². The predicted octanol–water partition coefficient (Wildman–Crippen LogP) is 2.57. The zero-order chi connectivity index (χ0) is 24.5. The average molecular weight is 492 g/mol. The number of amides is 1. The van der Waals surface area contributed by atoms with E-state index >= 15 is 0 Å². The molecular weight excluding hydrogens is 466 g/mol. The smallest absolute Gasteiger partial charge is 0.295 e. The van der Waals surface area contributed by atoms with Crippen LogP contribution in [0, 0.1) is 0 Å². The summed E-state index contributed by atoms with van der Waals surface area (Å²) in [5.41, 5.74) is 0.812. The number of rotatable bonds is 7. The van der Waals surface area contributed by atoms with Gasteiger partial charge < -0.3 is 14.9 Å². The predicted molar refractivity (Wildman–Crippen MR) is 126 cm³/mol. The Bertz CT molecular complexity index is 1190. The lowest BCUT2D eigenvalue weighted by molar-refractivity contribution is -0.140. The van der Waals surface area contributed by atoms with Crippen LogP contribution < -0.4 is 0 Å². The van der Waals surface area contributed by atoms with E-state index in [0.29, 0.717) is 17.1 Å². The molecule has 1 heterocycles. The molecule has 1 aliphatic rings. The summed E-state index contributed by atoms with van der Waals surface area (Å²) in [5.74, 6) is -1.86. The Labute approximate surface area is 198 Å². The summed E-state index contributed by atoms with van der Waals surface area (Å²) >= 11 is 6.02. The normalized spacial score (nSPS) is 18.5. The lowest BCUT2D eigenvalue weighted by Crippen LogP contribution is -2.35. The maximum Gasteiger partial charge on any atom is 0.295 e. The van der Waals surface area contributed by atoms with E-state index in [1.54, 1.807) is 24.3 Å². The van der Waals surface area contributed by atoms with Gasteiger partial charge in [-0.2, -0.15) is 0 Å². The largest absolute Gasteiger partial charge is 0.507 e. The minimum atomic E-state index is -3.65. The zero-order valence-electron chi connectivity index (χ0n) is 18.8. The van der Waals surface area contributed by atoms with Crippen LogP contribution >= 0.6 is 11.6 Å². The third-order valence-corrected chi connectivity index (χ3v) is 7.50. The second kappa shape index (κ2) is 9.64. The Kier molecular flexibility index (Phi) is 7.28. The molecule has 3 rings (SSSR count). The van der Waals surface area contributed by atoms with E-state index in [4.69, 9.17) is 11.6 Å². The molecule has 0 aliphatic carbocycles. The third kappa shape index (κ3) is 4.96. The van der Waals surface area contributed by atoms with Gasteiger partial charge >= 0.3 is 0 Å². The van der Waals surface area contributed by atoms with Crippen molar-refractivity contribution >= 4 is 39.1 Å². The fourth-order valence-electron chi connectivity index (χ4n) is 3.56. The van der Waals surface area contributed by atoms with Crippen molar-refractivity contribution in [2.24, 2.45) is 0 Å². The first-order valence-electron chi connectivity index (χ1n) is 10.2. The summed E-state index contributed by atoms with van der Waals surface area (Å²) in [5, 5.41) is 11.6. The number of ketones is 1. The molecule has 0 radical (unpaired) electrons. The Hall–Kier alpha value is -2.72. The molecule has 2 aromatic rings. The minimum Gasteiger partial charge on any atom is -0.507 e. The minimum absolute atomic E-state index is 0.0461. The van der Waals surface area contributed by atoms with Gasteiger partial charge in [0.15, 0.2) is 0 Å². The topological polar surface area (TPSA) is 98.2 Å². The molecule has 0 spiro atoms. The van der Waals surface area contributed by atoms with Crippen LogP contribution in [-0.2, 0) is 19.6 Å². The van der Waals surface area contributed by atoms with Crippen LogP contribution in [0.2, 0.25) is 5.02 Å². The molecule has 1 atom stereocenters. The summed E-state index contributed by atoms with van der Waals surface area (Å²) in [6.07, 6.45) is 0. The van der Waals surface area contributed by atoms with Gasteiger partial charge in [-0.05, 0) is 56.1 Å². The van der Waals surface area contributed by atoms with Gasteiger partial charge in [-0.3, -0.25) is 9.59 Å². The second-order valence-electron chi connectivity index (χ2n) is 8.16. The van der Waals surface area contributed by atoms with E-state index in [-0.39, 0.29) is 28.3 Å². The Balaban J connectivity index is 2.11. The fourth-order valence-corrected chi connectivity index (χ4v) is 4.59. The van der Waals surface area contributed by atoms with E-state index in [2.05, 4.69) is 0 Å².